The van der Waals surface area contributed by atoms with Gasteiger partial charge in [0.25, 0.3) is 5.69 Å². The van der Waals surface area contributed by atoms with Crippen LogP contribution in [0.3, 0.4) is 0 Å². The van der Waals surface area contributed by atoms with Crippen molar-refractivity contribution < 1.29 is 4.92 Å². The van der Waals surface area contributed by atoms with E-state index in [1.807, 2.05) is 4.90 Å². The minimum absolute atomic E-state index is 0.0507. The van der Waals surface area contributed by atoms with Gasteiger partial charge in [-0.3, -0.25) is 10.1 Å². The van der Waals surface area contributed by atoms with E-state index in [9.17, 15) is 15.4 Å². The summed E-state index contributed by atoms with van der Waals surface area (Å²) >= 11 is 0. The molecule has 1 atom stereocenters. The third-order valence-corrected chi connectivity index (χ3v) is 5.57. The zero-order valence-corrected chi connectivity index (χ0v) is 15.2. The number of hydrogen-bond donors (Lipinski definition) is 0. The van der Waals surface area contributed by atoms with E-state index in [1.54, 1.807) is 6.07 Å². The topological polar surface area (TPSA) is 101 Å². The number of benzene rings is 1. The Morgan fingerprint density at radius 3 is 2.89 bits per heavy atom. The molecule has 8 nitrogen and oxygen atoms in total. The maximum atomic E-state index is 11.5. The number of rotatable bonds is 3. The average Bonchev–Trinajstić information content (AvgIpc) is 2.96. The van der Waals surface area contributed by atoms with Crippen molar-refractivity contribution in [1.82, 2.24) is 14.8 Å². The van der Waals surface area contributed by atoms with Gasteiger partial charge in [-0.2, -0.15) is 5.26 Å². The predicted molar refractivity (Wildman–Crippen MR) is 99.6 cm³/mol. The number of nitrogens with zero attached hydrogens (tertiary/aromatic N) is 6. The van der Waals surface area contributed by atoms with Crippen LogP contribution in [0.4, 0.5) is 11.4 Å². The van der Waals surface area contributed by atoms with Crippen LogP contribution in [0.1, 0.15) is 55.2 Å². The fourth-order valence-corrected chi connectivity index (χ4v) is 4.22. The molecule has 0 bridgehead atoms. The third-order valence-electron chi connectivity index (χ3n) is 5.57. The average molecular weight is 366 g/mol. The number of nitro groups is 1. The lowest BCUT2D eigenvalue weighted by molar-refractivity contribution is -0.384. The summed E-state index contributed by atoms with van der Waals surface area (Å²) in [5.74, 6) is 2.27. The Morgan fingerprint density at radius 1 is 1.19 bits per heavy atom. The van der Waals surface area contributed by atoms with Crippen molar-refractivity contribution in [2.24, 2.45) is 0 Å². The summed E-state index contributed by atoms with van der Waals surface area (Å²) in [5.41, 5.74) is 1.02. The molecule has 0 amide bonds. The second kappa shape index (κ2) is 7.35. The van der Waals surface area contributed by atoms with Crippen LogP contribution in [-0.4, -0.2) is 32.8 Å². The van der Waals surface area contributed by atoms with E-state index in [4.69, 9.17) is 0 Å². The number of nitriles is 1. The molecule has 0 radical (unpaired) electrons. The predicted octanol–water partition coefficient (Wildman–Crippen LogP) is 3.17. The first kappa shape index (κ1) is 17.5. The number of hydrogen-bond acceptors (Lipinski definition) is 6. The van der Waals surface area contributed by atoms with Crippen molar-refractivity contribution in [2.75, 3.05) is 18.0 Å². The molecule has 3 heterocycles. The highest BCUT2D eigenvalue weighted by Gasteiger charge is 2.30. The molecule has 0 spiro atoms. The number of piperidine rings is 1. The molecule has 140 valence electrons. The van der Waals surface area contributed by atoms with E-state index in [-0.39, 0.29) is 16.5 Å². The monoisotopic (exact) mass is 366 g/mol. The molecule has 1 saturated heterocycles. The summed E-state index contributed by atoms with van der Waals surface area (Å²) in [7, 11) is 0. The van der Waals surface area contributed by atoms with Gasteiger partial charge in [0.1, 0.15) is 17.3 Å². The summed E-state index contributed by atoms with van der Waals surface area (Å²) in [6.45, 7) is 2.36. The molecule has 0 saturated carbocycles. The number of nitro benzene ring substituents is 1. The van der Waals surface area contributed by atoms with Gasteiger partial charge >= 0.3 is 0 Å². The van der Waals surface area contributed by atoms with Crippen LogP contribution in [0, 0.1) is 21.4 Å². The highest BCUT2D eigenvalue weighted by molar-refractivity contribution is 5.66. The lowest BCUT2D eigenvalue weighted by Crippen LogP contribution is -2.36. The SMILES string of the molecule is N#Cc1ccc([N+](=O)[O-])c(N2CCCC(c3nnc4n3CCCCC4)C2)c1. The molecule has 2 aromatic rings. The van der Waals surface area contributed by atoms with Gasteiger partial charge in [0, 0.05) is 38.0 Å². The van der Waals surface area contributed by atoms with Gasteiger partial charge in [0.15, 0.2) is 0 Å². The maximum Gasteiger partial charge on any atom is 0.292 e. The van der Waals surface area contributed by atoms with Crippen LogP contribution >= 0.6 is 0 Å². The number of anilines is 1. The zero-order chi connectivity index (χ0) is 18.8. The molecule has 2 aliphatic heterocycles. The number of fused-ring (bicyclic) bond motifs is 1. The van der Waals surface area contributed by atoms with Gasteiger partial charge in [-0.25, -0.2) is 0 Å². The smallest absolute Gasteiger partial charge is 0.292 e. The van der Waals surface area contributed by atoms with Gasteiger partial charge in [-0.05, 0) is 37.8 Å². The van der Waals surface area contributed by atoms with Gasteiger partial charge in [-0.15, -0.1) is 10.2 Å². The number of aromatic nitrogens is 3. The van der Waals surface area contributed by atoms with Crippen molar-refractivity contribution in [1.29, 1.82) is 5.26 Å². The summed E-state index contributed by atoms with van der Waals surface area (Å²) in [6.07, 6.45) is 6.42. The minimum atomic E-state index is -0.372. The summed E-state index contributed by atoms with van der Waals surface area (Å²) in [4.78, 5) is 13.1. The summed E-state index contributed by atoms with van der Waals surface area (Å²) in [5, 5.41) is 29.6. The molecule has 0 aliphatic carbocycles. The van der Waals surface area contributed by atoms with Gasteiger partial charge < -0.3 is 9.47 Å². The van der Waals surface area contributed by atoms with Crippen molar-refractivity contribution in [3.8, 4) is 6.07 Å². The van der Waals surface area contributed by atoms with Crippen molar-refractivity contribution in [2.45, 2.75) is 51.0 Å². The molecule has 0 N–H and O–H groups in total. The first-order valence-corrected chi connectivity index (χ1v) is 9.53. The molecule has 1 aromatic heterocycles. The van der Waals surface area contributed by atoms with E-state index in [2.05, 4.69) is 20.8 Å². The molecular weight excluding hydrogens is 344 g/mol. The molecule has 27 heavy (non-hydrogen) atoms. The van der Waals surface area contributed by atoms with Gasteiger partial charge in [0.05, 0.1) is 16.6 Å². The fraction of sp³-hybridized carbons (Fsp3) is 0.526. The summed E-state index contributed by atoms with van der Waals surface area (Å²) in [6, 6.07) is 6.65. The molecule has 1 fully saturated rings. The first-order valence-electron chi connectivity index (χ1n) is 9.53. The third kappa shape index (κ3) is 3.37. The Labute approximate surface area is 157 Å². The van der Waals surface area contributed by atoms with E-state index >= 15 is 0 Å². The lowest BCUT2D eigenvalue weighted by Gasteiger charge is -2.33. The Morgan fingerprint density at radius 2 is 2.07 bits per heavy atom. The molecule has 1 aromatic carbocycles. The van der Waals surface area contributed by atoms with Crippen molar-refractivity contribution >= 4 is 11.4 Å². The lowest BCUT2D eigenvalue weighted by atomic mass is 9.96. The van der Waals surface area contributed by atoms with Crippen LogP contribution in [0.2, 0.25) is 0 Å². The first-order chi connectivity index (χ1) is 13.2. The number of aryl methyl sites for hydroxylation is 1. The quantitative estimate of drug-likeness (QED) is 0.611. The standard InChI is InChI=1S/C19H22N6O2/c20-12-14-7-8-16(25(26)27)17(11-14)23-9-4-5-15(13-23)19-22-21-18-6-2-1-3-10-24(18)19/h7-8,11,15H,1-6,9-10,13H2. The Hall–Kier alpha value is -2.95. The normalized spacial score (nSPS) is 19.8. The molecule has 2 aliphatic rings. The van der Waals surface area contributed by atoms with Crippen LogP contribution in [0.15, 0.2) is 18.2 Å². The van der Waals surface area contributed by atoms with Crippen LogP contribution in [0.25, 0.3) is 0 Å². The van der Waals surface area contributed by atoms with E-state index in [0.717, 1.165) is 56.8 Å². The zero-order valence-electron chi connectivity index (χ0n) is 15.2. The molecule has 4 rings (SSSR count). The fourth-order valence-electron chi connectivity index (χ4n) is 4.22. The molecule has 1 unspecified atom stereocenters. The van der Waals surface area contributed by atoms with Crippen LogP contribution in [-0.2, 0) is 13.0 Å². The highest BCUT2D eigenvalue weighted by Crippen LogP contribution is 2.35. The van der Waals surface area contributed by atoms with E-state index in [1.165, 1.54) is 18.6 Å². The largest absolute Gasteiger partial charge is 0.365 e. The van der Waals surface area contributed by atoms with Crippen LogP contribution < -0.4 is 4.90 Å². The van der Waals surface area contributed by atoms with E-state index < -0.39 is 0 Å². The van der Waals surface area contributed by atoms with Crippen molar-refractivity contribution in [3.63, 3.8) is 0 Å². The second-order valence-corrected chi connectivity index (χ2v) is 7.29. The Kier molecular flexibility index (Phi) is 4.75. The summed E-state index contributed by atoms with van der Waals surface area (Å²) < 4.78 is 2.27. The van der Waals surface area contributed by atoms with Gasteiger partial charge in [0.2, 0.25) is 0 Å². The van der Waals surface area contributed by atoms with E-state index in [0.29, 0.717) is 17.8 Å². The Bertz CT molecular complexity index is 900. The van der Waals surface area contributed by atoms with Crippen molar-refractivity contribution in [3.05, 3.63) is 45.5 Å². The molecular formula is C19H22N6O2. The van der Waals surface area contributed by atoms with Crippen LogP contribution in [0.5, 0.6) is 0 Å². The highest BCUT2D eigenvalue weighted by atomic mass is 16.6. The Balaban J connectivity index is 1.64. The second-order valence-electron chi connectivity index (χ2n) is 7.29. The van der Waals surface area contributed by atoms with Gasteiger partial charge in [-0.1, -0.05) is 6.42 Å². The maximum absolute atomic E-state index is 11.5. The minimum Gasteiger partial charge on any atom is -0.365 e. The molecule has 8 heteroatoms.